The maximum absolute atomic E-state index is 13.6. The number of pyridine rings is 1. The number of carbonyl (C=O) groups is 4. The Morgan fingerprint density at radius 3 is 2.35 bits per heavy atom. The highest BCUT2D eigenvalue weighted by molar-refractivity contribution is 5.96. The number of hydrazine groups is 1. The minimum absolute atomic E-state index is 0.0448. The molecular weight excluding hydrogens is 839 g/mol. The number of hydrogen-bond donors (Lipinski definition) is 3. The SMILES string of the molecule is CCn1c(-c2cc(N3CCN(C4CC4)CC3)cnc2[C@H](C)OC)c(CC(C)(C)COC(C)=O)c2cc(-c3cccc(C[C@H](NC(=O)OC(C)(C)C)C(=O)OC(=O)C4CCCNN4)c3)ccc21. The molecule has 1 amide bonds. The van der Waals surface area contributed by atoms with E-state index in [0.717, 1.165) is 94.4 Å². The molecule has 2 aromatic carbocycles. The van der Waals surface area contributed by atoms with Gasteiger partial charge in [0, 0.05) is 87.6 Å². The van der Waals surface area contributed by atoms with Gasteiger partial charge in [-0.15, -0.1) is 0 Å². The minimum Gasteiger partial charge on any atom is -0.465 e. The summed E-state index contributed by atoms with van der Waals surface area (Å²) in [6, 6.07) is 15.4. The molecule has 3 aliphatic rings. The zero-order chi connectivity index (χ0) is 47.3. The van der Waals surface area contributed by atoms with Gasteiger partial charge >= 0.3 is 24.0 Å². The van der Waals surface area contributed by atoms with Crippen molar-refractivity contribution < 1.29 is 38.1 Å². The van der Waals surface area contributed by atoms with E-state index in [1.54, 1.807) is 27.9 Å². The Morgan fingerprint density at radius 1 is 0.955 bits per heavy atom. The molecule has 0 radical (unpaired) electrons. The number of rotatable bonds is 16. The second-order valence-corrected chi connectivity index (χ2v) is 19.8. The van der Waals surface area contributed by atoms with Crippen LogP contribution in [0.1, 0.15) is 104 Å². The lowest BCUT2D eigenvalue weighted by molar-refractivity contribution is -0.163. The molecule has 2 saturated heterocycles. The van der Waals surface area contributed by atoms with Gasteiger partial charge in [-0.1, -0.05) is 44.2 Å². The third-order valence-electron chi connectivity index (χ3n) is 12.7. The van der Waals surface area contributed by atoms with Gasteiger partial charge in [0.05, 0.1) is 36.0 Å². The van der Waals surface area contributed by atoms with Crippen molar-refractivity contribution in [2.45, 2.75) is 130 Å². The summed E-state index contributed by atoms with van der Waals surface area (Å²) < 4.78 is 24.8. The van der Waals surface area contributed by atoms with Gasteiger partial charge in [0.25, 0.3) is 0 Å². The average Bonchev–Trinajstić information content (AvgIpc) is 4.10. The first-order chi connectivity index (χ1) is 31.4. The van der Waals surface area contributed by atoms with Gasteiger partial charge < -0.3 is 33.7 Å². The number of esters is 3. The van der Waals surface area contributed by atoms with E-state index in [0.29, 0.717) is 25.9 Å². The molecule has 4 aromatic rings. The Kier molecular flexibility index (Phi) is 15.2. The first-order valence-corrected chi connectivity index (χ1v) is 23.6. The Bertz CT molecular complexity index is 2390. The quantitative estimate of drug-likeness (QED) is 0.0585. The molecule has 356 valence electrons. The van der Waals surface area contributed by atoms with E-state index in [1.807, 2.05) is 37.4 Å². The molecule has 0 spiro atoms. The van der Waals surface area contributed by atoms with Gasteiger partial charge in [0.2, 0.25) is 0 Å². The van der Waals surface area contributed by atoms with Gasteiger partial charge in [-0.25, -0.2) is 19.8 Å². The number of anilines is 1. The summed E-state index contributed by atoms with van der Waals surface area (Å²) in [5.74, 6) is -1.91. The first-order valence-electron chi connectivity index (χ1n) is 23.6. The van der Waals surface area contributed by atoms with Crippen LogP contribution in [-0.4, -0.2) is 109 Å². The summed E-state index contributed by atoms with van der Waals surface area (Å²) in [4.78, 5) is 62.0. The van der Waals surface area contributed by atoms with Gasteiger partial charge in [-0.05, 0) is 107 Å². The van der Waals surface area contributed by atoms with Crippen LogP contribution in [-0.2, 0) is 52.7 Å². The summed E-state index contributed by atoms with van der Waals surface area (Å²) in [5, 5.41) is 3.72. The topological polar surface area (TPSA) is 166 Å². The third-order valence-corrected chi connectivity index (χ3v) is 12.7. The fourth-order valence-electron chi connectivity index (χ4n) is 9.13. The minimum atomic E-state index is -1.21. The van der Waals surface area contributed by atoms with Crippen molar-refractivity contribution >= 4 is 40.6 Å². The van der Waals surface area contributed by atoms with Crippen LogP contribution in [0.25, 0.3) is 33.3 Å². The Labute approximate surface area is 389 Å². The largest absolute Gasteiger partial charge is 0.465 e. The fraction of sp³-hybridized carbons (Fsp3) is 0.549. The Hall–Kier alpha value is -5.35. The molecule has 3 atom stereocenters. The third kappa shape index (κ3) is 12.0. The normalized spacial score (nSPS) is 18.1. The molecule has 1 unspecified atom stereocenters. The molecule has 2 aliphatic heterocycles. The lowest BCUT2D eigenvalue weighted by Gasteiger charge is -2.36. The van der Waals surface area contributed by atoms with Crippen molar-refractivity contribution in [2.24, 2.45) is 5.41 Å². The van der Waals surface area contributed by atoms with E-state index in [2.05, 4.69) is 75.6 Å². The zero-order valence-corrected chi connectivity index (χ0v) is 40.3. The molecule has 15 heteroatoms. The second-order valence-electron chi connectivity index (χ2n) is 19.8. The number of aromatic nitrogens is 2. The van der Waals surface area contributed by atoms with Crippen LogP contribution >= 0.6 is 0 Å². The van der Waals surface area contributed by atoms with Gasteiger partial charge in [0.15, 0.2) is 0 Å². The van der Waals surface area contributed by atoms with E-state index in [9.17, 15) is 19.2 Å². The smallest absolute Gasteiger partial charge is 0.408 e. The second kappa shape index (κ2) is 20.7. The Balaban J connectivity index is 1.28. The van der Waals surface area contributed by atoms with Crippen molar-refractivity contribution in [1.82, 2.24) is 30.6 Å². The molecule has 1 aliphatic carbocycles. The highest BCUT2D eigenvalue weighted by Crippen LogP contribution is 2.43. The summed E-state index contributed by atoms with van der Waals surface area (Å²) in [5.41, 5.74) is 13.3. The van der Waals surface area contributed by atoms with Gasteiger partial charge in [-0.2, -0.15) is 0 Å². The monoisotopic (exact) mass is 908 g/mol. The lowest BCUT2D eigenvalue weighted by Crippen LogP contribution is -2.52. The molecule has 3 fully saturated rings. The number of benzene rings is 2. The number of fused-ring (bicyclic) bond motifs is 1. The van der Waals surface area contributed by atoms with Crippen LogP contribution in [0, 0.1) is 5.41 Å². The predicted molar refractivity (Wildman–Crippen MR) is 255 cm³/mol. The zero-order valence-electron chi connectivity index (χ0n) is 40.3. The summed E-state index contributed by atoms with van der Waals surface area (Å²) in [7, 11) is 1.71. The van der Waals surface area contributed by atoms with Crippen LogP contribution in [0.5, 0.6) is 0 Å². The van der Waals surface area contributed by atoms with Crippen LogP contribution in [0.15, 0.2) is 54.7 Å². The summed E-state index contributed by atoms with van der Waals surface area (Å²) in [6.45, 7) is 20.7. The molecule has 0 bridgehead atoms. The number of carbonyl (C=O) groups excluding carboxylic acids is 4. The molecular formula is C51H69N7O8. The first kappa shape index (κ1) is 48.6. The van der Waals surface area contributed by atoms with E-state index in [4.69, 9.17) is 23.9 Å². The number of nitrogens with one attached hydrogen (secondary N) is 3. The van der Waals surface area contributed by atoms with Crippen LogP contribution in [0.3, 0.4) is 0 Å². The van der Waals surface area contributed by atoms with Crippen LogP contribution in [0.4, 0.5) is 10.5 Å². The van der Waals surface area contributed by atoms with Gasteiger partial charge in [0.1, 0.15) is 17.7 Å². The standard InChI is InChI=1S/C51H69N7O8/c1-10-58-44-19-16-36(35-14-11-13-34(25-35)26-43(54-49(62)66-50(4,5)6)48(61)65-47(60)42-15-12-20-53-55-42)27-39(44)41(29-51(7,8)31-64-33(3)59)46(58)40-28-38(30-52-45(40)32(2)63-9)57-23-21-56(22-24-57)37-17-18-37/h11,13-14,16,19,25,27-28,30,32,37,42-43,53,55H,10,12,15,17-18,20-24,26,29,31H2,1-9H3,(H,54,62)/t32-,42?,43-/m0/s1. The number of piperazine rings is 1. The lowest BCUT2D eigenvalue weighted by atomic mass is 9.84. The average molecular weight is 908 g/mol. The number of nitrogens with zero attached hydrogens (tertiary/aromatic N) is 4. The number of aryl methyl sites for hydroxylation is 1. The van der Waals surface area contributed by atoms with E-state index < -0.39 is 41.1 Å². The van der Waals surface area contributed by atoms with Gasteiger partial charge in [-0.3, -0.25) is 20.1 Å². The molecule has 3 N–H and O–H groups in total. The summed E-state index contributed by atoms with van der Waals surface area (Å²) in [6.07, 6.45) is 5.40. The number of hydrogen-bond acceptors (Lipinski definition) is 13. The molecule has 2 aromatic heterocycles. The molecule has 15 nitrogen and oxygen atoms in total. The van der Waals surface area contributed by atoms with Crippen molar-refractivity contribution in [3.8, 4) is 22.4 Å². The molecule has 4 heterocycles. The number of alkyl carbamates (subject to hydrolysis) is 1. The predicted octanol–water partition coefficient (Wildman–Crippen LogP) is 7.28. The maximum atomic E-state index is 13.6. The highest BCUT2D eigenvalue weighted by atomic mass is 16.6. The number of ether oxygens (including phenoxy) is 4. The highest BCUT2D eigenvalue weighted by Gasteiger charge is 2.34. The maximum Gasteiger partial charge on any atom is 0.408 e. The van der Waals surface area contributed by atoms with E-state index >= 15 is 0 Å². The molecule has 7 rings (SSSR count). The fourth-order valence-corrected chi connectivity index (χ4v) is 9.13. The van der Waals surface area contributed by atoms with E-state index in [1.165, 1.54) is 19.8 Å². The van der Waals surface area contributed by atoms with Crippen LogP contribution in [0.2, 0.25) is 0 Å². The van der Waals surface area contributed by atoms with Crippen LogP contribution < -0.4 is 21.1 Å². The summed E-state index contributed by atoms with van der Waals surface area (Å²) >= 11 is 0. The molecule has 66 heavy (non-hydrogen) atoms. The van der Waals surface area contributed by atoms with E-state index in [-0.39, 0.29) is 25.1 Å². The molecule has 1 saturated carbocycles. The Morgan fingerprint density at radius 2 is 1.70 bits per heavy atom. The van der Waals surface area contributed by atoms with Crippen molar-refractivity contribution in [3.05, 3.63) is 71.5 Å². The van der Waals surface area contributed by atoms with Crippen molar-refractivity contribution in [3.63, 3.8) is 0 Å². The number of amides is 1. The number of methoxy groups -OCH3 is 1. The van der Waals surface area contributed by atoms with Crippen molar-refractivity contribution in [2.75, 3.05) is 51.3 Å². The van der Waals surface area contributed by atoms with Crippen molar-refractivity contribution in [1.29, 1.82) is 0 Å².